The number of amides is 1. The molecule has 1 aromatic carbocycles. The molecule has 1 saturated heterocycles. The summed E-state index contributed by atoms with van der Waals surface area (Å²) in [5.41, 5.74) is 3.68. The third kappa shape index (κ3) is 3.19. The van der Waals surface area contributed by atoms with Crippen molar-refractivity contribution in [2.45, 2.75) is 19.4 Å². The second-order valence-electron chi connectivity index (χ2n) is 5.94. The summed E-state index contributed by atoms with van der Waals surface area (Å²) in [5, 5.41) is 16.1. The molecule has 1 amide bonds. The van der Waals surface area contributed by atoms with Gasteiger partial charge in [0, 0.05) is 43.5 Å². The number of nitrogens with one attached hydrogen (secondary N) is 1. The van der Waals surface area contributed by atoms with Crippen LogP contribution in [0.4, 0.5) is 0 Å². The van der Waals surface area contributed by atoms with Gasteiger partial charge >= 0.3 is 0 Å². The van der Waals surface area contributed by atoms with Crippen LogP contribution in [0.1, 0.15) is 22.3 Å². The lowest BCUT2D eigenvalue weighted by molar-refractivity contribution is 0.0938. The number of benzene rings is 1. The van der Waals surface area contributed by atoms with Gasteiger partial charge in [0.05, 0.1) is 6.20 Å². The summed E-state index contributed by atoms with van der Waals surface area (Å²) in [5.74, 6) is -0.0787. The van der Waals surface area contributed by atoms with Gasteiger partial charge in [-0.05, 0) is 30.5 Å². The number of nitrogens with zero attached hydrogens (tertiary/aromatic N) is 4. The first kappa shape index (κ1) is 15.1. The summed E-state index contributed by atoms with van der Waals surface area (Å²) in [7, 11) is 1.88. The van der Waals surface area contributed by atoms with E-state index in [1.54, 1.807) is 9.58 Å². The monoisotopic (exact) mass is 309 g/mol. The van der Waals surface area contributed by atoms with E-state index >= 15 is 0 Å². The lowest BCUT2D eigenvalue weighted by Crippen LogP contribution is -2.36. The lowest BCUT2D eigenvalue weighted by atomic mass is 10.0. The van der Waals surface area contributed by atoms with Crippen molar-refractivity contribution in [1.29, 1.82) is 5.26 Å². The molecule has 118 valence electrons. The van der Waals surface area contributed by atoms with Crippen molar-refractivity contribution in [3.05, 3.63) is 41.7 Å². The highest BCUT2D eigenvalue weighted by Crippen LogP contribution is 2.22. The third-order valence-electron chi connectivity index (χ3n) is 4.17. The Kier molecular flexibility index (Phi) is 4.02. The van der Waals surface area contributed by atoms with Gasteiger partial charge in [0.2, 0.25) is 0 Å². The van der Waals surface area contributed by atoms with Gasteiger partial charge in [-0.1, -0.05) is 12.1 Å². The standard InChI is InChI=1S/C17H19N5O/c1-12-7-13(14-8-19-21(2)9-14)3-4-16(12)17(23)20-15-5-6-22(10-15)11-18/h3-4,7-9,15H,5-6,10H2,1-2H3,(H,20,23)/t15-/m1/s1. The van der Waals surface area contributed by atoms with Gasteiger partial charge in [-0.15, -0.1) is 0 Å². The molecule has 0 saturated carbocycles. The van der Waals surface area contributed by atoms with E-state index in [4.69, 9.17) is 5.26 Å². The van der Waals surface area contributed by atoms with E-state index in [2.05, 4.69) is 16.6 Å². The van der Waals surface area contributed by atoms with Crippen LogP contribution in [0.25, 0.3) is 11.1 Å². The van der Waals surface area contributed by atoms with Crippen molar-refractivity contribution in [2.24, 2.45) is 7.05 Å². The van der Waals surface area contributed by atoms with E-state index in [-0.39, 0.29) is 11.9 Å². The van der Waals surface area contributed by atoms with Crippen LogP contribution in [0.15, 0.2) is 30.6 Å². The molecule has 2 aromatic rings. The molecular weight excluding hydrogens is 290 g/mol. The Balaban J connectivity index is 1.73. The summed E-state index contributed by atoms with van der Waals surface area (Å²) in [6, 6.07) is 5.83. The molecule has 1 aliphatic rings. The highest BCUT2D eigenvalue weighted by molar-refractivity contribution is 5.96. The van der Waals surface area contributed by atoms with Crippen molar-refractivity contribution in [3.8, 4) is 17.3 Å². The van der Waals surface area contributed by atoms with E-state index in [1.165, 1.54) is 0 Å². The summed E-state index contributed by atoms with van der Waals surface area (Å²) >= 11 is 0. The summed E-state index contributed by atoms with van der Waals surface area (Å²) in [6.07, 6.45) is 6.69. The maximum absolute atomic E-state index is 12.4. The van der Waals surface area contributed by atoms with Crippen molar-refractivity contribution >= 4 is 5.91 Å². The average molecular weight is 309 g/mol. The fraction of sp³-hybridized carbons (Fsp3) is 0.353. The molecule has 1 aromatic heterocycles. The number of hydrogen-bond donors (Lipinski definition) is 1. The molecule has 3 rings (SSSR count). The van der Waals surface area contributed by atoms with Gasteiger partial charge < -0.3 is 10.2 Å². The second kappa shape index (κ2) is 6.13. The van der Waals surface area contributed by atoms with Crippen molar-refractivity contribution in [3.63, 3.8) is 0 Å². The minimum absolute atomic E-state index is 0.0412. The van der Waals surface area contributed by atoms with E-state index < -0.39 is 0 Å². The first-order valence-corrected chi connectivity index (χ1v) is 7.62. The number of aryl methyl sites for hydroxylation is 2. The molecule has 2 heterocycles. The zero-order valence-electron chi connectivity index (χ0n) is 13.3. The first-order chi connectivity index (χ1) is 11.1. The van der Waals surface area contributed by atoms with Gasteiger partial charge in [0.1, 0.15) is 0 Å². The smallest absolute Gasteiger partial charge is 0.251 e. The van der Waals surface area contributed by atoms with Crippen molar-refractivity contribution in [2.75, 3.05) is 13.1 Å². The molecule has 0 radical (unpaired) electrons. The number of nitriles is 1. The normalized spacial score (nSPS) is 17.1. The zero-order valence-corrected chi connectivity index (χ0v) is 13.3. The van der Waals surface area contributed by atoms with Gasteiger partial charge in [-0.2, -0.15) is 10.4 Å². The number of likely N-dealkylation sites (tertiary alicyclic amines) is 1. The van der Waals surface area contributed by atoms with Gasteiger partial charge in [-0.3, -0.25) is 9.48 Å². The van der Waals surface area contributed by atoms with Crippen molar-refractivity contribution < 1.29 is 4.79 Å². The topological polar surface area (TPSA) is 74.0 Å². The highest BCUT2D eigenvalue weighted by Gasteiger charge is 2.23. The minimum atomic E-state index is -0.0787. The fourth-order valence-electron chi connectivity index (χ4n) is 2.90. The summed E-state index contributed by atoms with van der Waals surface area (Å²) in [6.45, 7) is 3.24. The molecule has 0 spiro atoms. The SMILES string of the molecule is Cc1cc(-c2cnn(C)c2)ccc1C(=O)N[C@@H]1CCN(C#N)C1. The van der Waals surface area contributed by atoms with Crippen LogP contribution in [0.3, 0.4) is 0 Å². The number of hydrogen-bond acceptors (Lipinski definition) is 4. The molecule has 6 nitrogen and oxygen atoms in total. The second-order valence-corrected chi connectivity index (χ2v) is 5.94. The first-order valence-electron chi connectivity index (χ1n) is 7.62. The van der Waals surface area contributed by atoms with Crippen LogP contribution in [-0.4, -0.2) is 39.7 Å². The number of rotatable bonds is 3. The Morgan fingerprint density at radius 1 is 1.43 bits per heavy atom. The van der Waals surface area contributed by atoms with Crippen LogP contribution in [0, 0.1) is 18.4 Å². The lowest BCUT2D eigenvalue weighted by Gasteiger charge is -2.14. The fourth-order valence-corrected chi connectivity index (χ4v) is 2.90. The molecule has 0 unspecified atom stereocenters. The molecule has 0 aliphatic carbocycles. The van der Waals surface area contributed by atoms with E-state index in [0.717, 1.165) is 23.1 Å². The highest BCUT2D eigenvalue weighted by atomic mass is 16.1. The van der Waals surface area contributed by atoms with Gasteiger partial charge in [0.25, 0.3) is 5.91 Å². The minimum Gasteiger partial charge on any atom is -0.347 e. The van der Waals surface area contributed by atoms with Gasteiger partial charge in [-0.25, -0.2) is 0 Å². The number of aromatic nitrogens is 2. The molecule has 0 bridgehead atoms. The molecule has 1 N–H and O–H groups in total. The number of carbonyl (C=O) groups excluding carboxylic acids is 1. The Labute approximate surface area is 135 Å². The summed E-state index contributed by atoms with van der Waals surface area (Å²) < 4.78 is 1.76. The predicted molar refractivity (Wildman–Crippen MR) is 86.4 cm³/mol. The van der Waals surface area contributed by atoms with Crippen LogP contribution in [0.2, 0.25) is 0 Å². The molecule has 1 atom stereocenters. The van der Waals surface area contributed by atoms with Crippen molar-refractivity contribution in [1.82, 2.24) is 20.0 Å². The zero-order chi connectivity index (χ0) is 16.4. The molecule has 6 heteroatoms. The average Bonchev–Trinajstić information content (AvgIpc) is 3.16. The maximum atomic E-state index is 12.4. The summed E-state index contributed by atoms with van der Waals surface area (Å²) in [4.78, 5) is 14.1. The quantitative estimate of drug-likeness (QED) is 0.876. The third-order valence-corrected chi connectivity index (χ3v) is 4.17. The van der Waals surface area contributed by atoms with Gasteiger partial charge in [0.15, 0.2) is 6.19 Å². The Morgan fingerprint density at radius 2 is 2.26 bits per heavy atom. The molecule has 23 heavy (non-hydrogen) atoms. The van der Waals surface area contributed by atoms with Crippen LogP contribution < -0.4 is 5.32 Å². The van der Waals surface area contributed by atoms with E-state index in [1.807, 2.05) is 44.6 Å². The molecule has 1 aliphatic heterocycles. The molecule has 1 fully saturated rings. The van der Waals surface area contributed by atoms with E-state index in [9.17, 15) is 4.79 Å². The maximum Gasteiger partial charge on any atom is 0.251 e. The largest absolute Gasteiger partial charge is 0.347 e. The Bertz CT molecular complexity index is 774. The Morgan fingerprint density at radius 3 is 2.87 bits per heavy atom. The van der Waals surface area contributed by atoms with Crippen LogP contribution in [-0.2, 0) is 7.05 Å². The van der Waals surface area contributed by atoms with Crippen LogP contribution >= 0.6 is 0 Å². The van der Waals surface area contributed by atoms with Crippen LogP contribution in [0.5, 0.6) is 0 Å². The number of carbonyl (C=O) groups is 1. The van der Waals surface area contributed by atoms with E-state index in [0.29, 0.717) is 18.7 Å². The predicted octanol–water partition coefficient (Wildman–Crippen LogP) is 1.68. The Hall–Kier alpha value is -2.81. The molecular formula is C17H19N5O.